The Hall–Kier alpha value is -1.03. The molecule has 0 bridgehead atoms. The maximum atomic E-state index is 6.04. The molecule has 3 N–H and O–H groups in total. The first-order chi connectivity index (χ1) is 8.22. The molecule has 0 saturated heterocycles. The summed E-state index contributed by atoms with van der Waals surface area (Å²) in [5.74, 6) is 1.58. The van der Waals surface area contributed by atoms with Crippen LogP contribution in [0, 0.1) is 5.92 Å². The monoisotopic (exact) mass is 236 g/mol. The molecule has 96 valence electrons. The lowest BCUT2D eigenvalue weighted by Crippen LogP contribution is -2.53. The number of aromatic nitrogens is 2. The predicted molar refractivity (Wildman–Crippen MR) is 70.9 cm³/mol. The second-order valence-corrected chi connectivity index (χ2v) is 5.17. The molecule has 1 heterocycles. The summed E-state index contributed by atoms with van der Waals surface area (Å²) in [6, 6.07) is 0. The third-order valence-electron chi connectivity index (χ3n) is 4.23. The zero-order valence-electron chi connectivity index (χ0n) is 10.9. The van der Waals surface area contributed by atoms with Gasteiger partial charge in [-0.3, -0.25) is 0 Å². The van der Waals surface area contributed by atoms with Crippen molar-refractivity contribution < 1.29 is 0 Å². The number of hydrogen-bond acceptors (Lipinski definition) is 3. The molecule has 1 aliphatic carbocycles. The molecular weight excluding hydrogens is 212 g/mol. The Morgan fingerprint density at radius 1 is 1.59 bits per heavy atom. The highest BCUT2D eigenvalue weighted by atomic mass is 15.2. The number of nitrogens with one attached hydrogen (secondary N) is 1. The van der Waals surface area contributed by atoms with Gasteiger partial charge in [0.15, 0.2) is 0 Å². The summed E-state index contributed by atoms with van der Waals surface area (Å²) in [6.07, 6.45) is 8.87. The van der Waals surface area contributed by atoms with Gasteiger partial charge in [0.1, 0.15) is 0 Å². The topological polar surface area (TPSA) is 55.9 Å². The van der Waals surface area contributed by atoms with Crippen molar-refractivity contribution in [3.05, 3.63) is 12.4 Å². The zero-order chi connectivity index (χ0) is 12.3. The average molecular weight is 236 g/mol. The van der Waals surface area contributed by atoms with Gasteiger partial charge >= 0.3 is 0 Å². The summed E-state index contributed by atoms with van der Waals surface area (Å²) < 4.78 is 2.14. The van der Waals surface area contributed by atoms with Crippen LogP contribution in [-0.2, 0) is 6.54 Å². The quantitative estimate of drug-likeness (QED) is 0.843. The van der Waals surface area contributed by atoms with Gasteiger partial charge in [0.25, 0.3) is 0 Å². The van der Waals surface area contributed by atoms with Crippen molar-refractivity contribution in [3.63, 3.8) is 0 Å². The van der Waals surface area contributed by atoms with Crippen LogP contribution in [-0.4, -0.2) is 21.6 Å². The molecule has 1 fully saturated rings. The van der Waals surface area contributed by atoms with Crippen LogP contribution in [0.4, 0.5) is 5.95 Å². The number of anilines is 1. The molecule has 4 heteroatoms. The van der Waals surface area contributed by atoms with Crippen LogP contribution in [0.3, 0.4) is 0 Å². The van der Waals surface area contributed by atoms with Crippen molar-refractivity contribution in [2.45, 2.75) is 51.6 Å². The fraction of sp³-hybridized carbons (Fsp3) is 0.769. The van der Waals surface area contributed by atoms with E-state index in [0.29, 0.717) is 12.5 Å². The summed E-state index contributed by atoms with van der Waals surface area (Å²) in [4.78, 5) is 4.40. The largest absolute Gasteiger partial charge is 0.349 e. The third-order valence-corrected chi connectivity index (χ3v) is 4.23. The van der Waals surface area contributed by atoms with Gasteiger partial charge in [0, 0.05) is 25.5 Å². The number of nitrogens with two attached hydrogens (primary N) is 1. The van der Waals surface area contributed by atoms with E-state index in [-0.39, 0.29) is 5.54 Å². The van der Waals surface area contributed by atoms with E-state index in [2.05, 4.69) is 28.7 Å². The van der Waals surface area contributed by atoms with Gasteiger partial charge in [0.05, 0.1) is 5.54 Å². The lowest BCUT2D eigenvalue weighted by Gasteiger charge is -2.43. The Labute approximate surface area is 104 Å². The third kappa shape index (κ3) is 2.32. The van der Waals surface area contributed by atoms with E-state index >= 15 is 0 Å². The van der Waals surface area contributed by atoms with Gasteiger partial charge in [-0.1, -0.05) is 19.8 Å². The molecular formula is C13H24N4. The van der Waals surface area contributed by atoms with E-state index in [1.165, 1.54) is 19.3 Å². The highest BCUT2D eigenvalue weighted by Gasteiger charge is 2.37. The highest BCUT2D eigenvalue weighted by molar-refractivity contribution is 5.32. The van der Waals surface area contributed by atoms with Crippen molar-refractivity contribution >= 4 is 5.95 Å². The molecule has 0 aliphatic heterocycles. The lowest BCUT2D eigenvalue weighted by atomic mass is 9.73. The van der Waals surface area contributed by atoms with E-state index < -0.39 is 0 Å². The number of hydrogen-bond donors (Lipinski definition) is 2. The van der Waals surface area contributed by atoms with E-state index in [4.69, 9.17) is 5.73 Å². The van der Waals surface area contributed by atoms with Gasteiger partial charge in [-0.05, 0) is 25.7 Å². The maximum absolute atomic E-state index is 6.04. The number of rotatable bonds is 4. The van der Waals surface area contributed by atoms with Crippen LogP contribution in [0.1, 0.15) is 39.5 Å². The minimum Gasteiger partial charge on any atom is -0.349 e. The average Bonchev–Trinajstić information content (AvgIpc) is 2.79. The fourth-order valence-corrected chi connectivity index (χ4v) is 2.86. The first kappa shape index (κ1) is 12.4. The Kier molecular flexibility index (Phi) is 3.72. The summed E-state index contributed by atoms with van der Waals surface area (Å²) in [5.41, 5.74) is 6.08. The molecule has 1 aromatic rings. The Morgan fingerprint density at radius 2 is 2.41 bits per heavy atom. The Morgan fingerprint density at radius 3 is 3.06 bits per heavy atom. The molecule has 2 rings (SSSR count). The fourth-order valence-electron chi connectivity index (χ4n) is 2.86. The van der Waals surface area contributed by atoms with E-state index in [1.54, 1.807) is 0 Å². The minimum atomic E-state index is 0.0382. The van der Waals surface area contributed by atoms with Crippen molar-refractivity contribution in [1.82, 2.24) is 9.55 Å². The number of nitrogens with zero attached hydrogens (tertiary/aromatic N) is 2. The van der Waals surface area contributed by atoms with E-state index in [9.17, 15) is 0 Å². The predicted octanol–water partition coefficient (Wildman–Crippen LogP) is 2.22. The van der Waals surface area contributed by atoms with Crippen LogP contribution in [0.2, 0.25) is 0 Å². The first-order valence-electron chi connectivity index (χ1n) is 6.71. The van der Waals surface area contributed by atoms with Gasteiger partial charge in [0.2, 0.25) is 5.95 Å². The first-order valence-corrected chi connectivity index (χ1v) is 6.71. The summed E-state index contributed by atoms with van der Waals surface area (Å²) >= 11 is 0. The van der Waals surface area contributed by atoms with Crippen molar-refractivity contribution in [2.75, 3.05) is 11.9 Å². The van der Waals surface area contributed by atoms with Crippen LogP contribution < -0.4 is 11.1 Å². The molecule has 2 unspecified atom stereocenters. The van der Waals surface area contributed by atoms with Crippen LogP contribution in [0.25, 0.3) is 0 Å². The lowest BCUT2D eigenvalue weighted by molar-refractivity contribution is 0.234. The minimum absolute atomic E-state index is 0.0382. The molecule has 0 spiro atoms. The zero-order valence-corrected chi connectivity index (χ0v) is 10.9. The molecule has 0 amide bonds. The van der Waals surface area contributed by atoms with E-state index in [0.717, 1.165) is 18.9 Å². The van der Waals surface area contributed by atoms with Crippen molar-refractivity contribution in [3.8, 4) is 0 Å². The molecule has 17 heavy (non-hydrogen) atoms. The van der Waals surface area contributed by atoms with Gasteiger partial charge in [-0.2, -0.15) is 0 Å². The molecule has 1 aromatic heterocycles. The number of imidazole rings is 1. The summed E-state index contributed by atoms with van der Waals surface area (Å²) in [6.45, 7) is 6.06. The van der Waals surface area contributed by atoms with Gasteiger partial charge < -0.3 is 15.6 Å². The van der Waals surface area contributed by atoms with Crippen LogP contribution >= 0.6 is 0 Å². The maximum Gasteiger partial charge on any atom is 0.203 e. The molecule has 0 radical (unpaired) electrons. The normalized spacial score (nSPS) is 29.2. The molecule has 1 saturated carbocycles. The van der Waals surface area contributed by atoms with Crippen LogP contribution in [0.5, 0.6) is 0 Å². The second-order valence-electron chi connectivity index (χ2n) is 5.17. The molecule has 4 nitrogen and oxygen atoms in total. The van der Waals surface area contributed by atoms with Gasteiger partial charge in [-0.15, -0.1) is 0 Å². The van der Waals surface area contributed by atoms with Crippen molar-refractivity contribution in [2.24, 2.45) is 11.7 Å². The summed E-state index contributed by atoms with van der Waals surface area (Å²) in [7, 11) is 0. The standard InChI is InChI=1S/C13H24N4/c1-3-17-9-8-15-12(17)16-13(10-14)7-5-4-6-11(13)2/h8-9,11H,3-7,10,14H2,1-2H3,(H,15,16). The Balaban J connectivity index is 2.18. The number of aryl methyl sites for hydroxylation is 1. The van der Waals surface area contributed by atoms with Crippen molar-refractivity contribution in [1.29, 1.82) is 0 Å². The molecule has 0 aromatic carbocycles. The summed E-state index contributed by atoms with van der Waals surface area (Å²) in [5, 5.41) is 3.62. The van der Waals surface area contributed by atoms with Crippen LogP contribution in [0.15, 0.2) is 12.4 Å². The Bertz CT molecular complexity index is 360. The molecule has 1 aliphatic rings. The van der Waals surface area contributed by atoms with E-state index in [1.807, 2.05) is 12.4 Å². The highest BCUT2D eigenvalue weighted by Crippen LogP contribution is 2.35. The van der Waals surface area contributed by atoms with Gasteiger partial charge in [-0.25, -0.2) is 4.98 Å². The smallest absolute Gasteiger partial charge is 0.203 e. The molecule has 2 atom stereocenters. The second kappa shape index (κ2) is 5.08. The SMILES string of the molecule is CCn1ccnc1NC1(CN)CCCCC1C.